The first kappa shape index (κ1) is 30.6. The molecule has 0 aliphatic rings. The lowest BCUT2D eigenvalue weighted by molar-refractivity contribution is -0.772. The van der Waals surface area contributed by atoms with E-state index in [1.54, 1.807) is 0 Å². The van der Waals surface area contributed by atoms with Gasteiger partial charge >= 0.3 is 0 Å². The largest absolute Gasteiger partial charge is 0.388 e. The maximum absolute atomic E-state index is 11.9. The number of unbranched alkanes of at least 4 members (excludes halogenated alkanes) is 14. The summed E-state index contributed by atoms with van der Waals surface area (Å²) in [5, 5.41) is 22.4. The third-order valence-electron chi connectivity index (χ3n) is 5.97. The molecule has 0 aliphatic heterocycles. The molecule has 0 radical (unpaired) electrons. The van der Waals surface area contributed by atoms with Gasteiger partial charge in [0.05, 0.1) is 5.60 Å². The average Bonchev–Trinajstić information content (AvgIpc) is 2.72. The van der Waals surface area contributed by atoms with Gasteiger partial charge in [-0.3, -0.25) is 4.79 Å². The molecule has 190 valence electrons. The molecular formula is C25H50N2O5. The zero-order valence-corrected chi connectivity index (χ0v) is 21.0. The lowest BCUT2D eigenvalue weighted by Crippen LogP contribution is -2.40. The Morgan fingerprint density at radius 1 is 0.875 bits per heavy atom. The van der Waals surface area contributed by atoms with E-state index in [4.69, 9.17) is 0 Å². The van der Waals surface area contributed by atoms with Crippen molar-refractivity contribution in [3.63, 3.8) is 0 Å². The lowest BCUT2D eigenvalue weighted by atomic mass is 9.97. The van der Waals surface area contributed by atoms with Crippen LogP contribution in [0.2, 0.25) is 0 Å². The topological polar surface area (TPSA) is 102 Å². The zero-order valence-electron chi connectivity index (χ0n) is 21.0. The van der Waals surface area contributed by atoms with Crippen molar-refractivity contribution in [3.8, 4) is 0 Å². The van der Waals surface area contributed by atoms with E-state index in [1.807, 2.05) is 0 Å². The molecule has 0 fully saturated rings. The zero-order chi connectivity index (χ0) is 24.1. The van der Waals surface area contributed by atoms with E-state index in [9.17, 15) is 20.0 Å². The van der Waals surface area contributed by atoms with Crippen LogP contribution in [0.4, 0.5) is 0 Å². The van der Waals surface area contributed by atoms with Crippen LogP contribution >= 0.6 is 0 Å². The highest BCUT2D eigenvalue weighted by molar-refractivity contribution is 5.75. The van der Waals surface area contributed by atoms with Gasteiger partial charge in [-0.25, -0.2) is 0 Å². The van der Waals surface area contributed by atoms with Gasteiger partial charge in [0.1, 0.15) is 6.10 Å². The molecule has 1 atom stereocenters. The van der Waals surface area contributed by atoms with E-state index in [2.05, 4.69) is 17.1 Å². The minimum absolute atomic E-state index is 0.0229. The van der Waals surface area contributed by atoms with Crippen LogP contribution in [-0.4, -0.2) is 34.4 Å². The molecule has 0 heterocycles. The van der Waals surface area contributed by atoms with Crippen molar-refractivity contribution < 1.29 is 19.8 Å². The summed E-state index contributed by atoms with van der Waals surface area (Å²) in [5.74, 6) is 0.0229. The van der Waals surface area contributed by atoms with Gasteiger partial charge in [0.2, 0.25) is 5.91 Å². The number of carbonyl (C=O) groups is 1. The lowest BCUT2D eigenvalue weighted by Gasteiger charge is -2.27. The number of nitrogens with one attached hydrogen (secondary N) is 1. The smallest absolute Gasteiger partial charge is 0.294 e. The maximum atomic E-state index is 11.9. The molecule has 7 nitrogen and oxygen atoms in total. The summed E-state index contributed by atoms with van der Waals surface area (Å²) in [6.07, 6.45) is 20.0. The maximum Gasteiger partial charge on any atom is 0.294 e. The minimum atomic E-state index is -1.30. The molecule has 1 unspecified atom stereocenters. The van der Waals surface area contributed by atoms with Crippen LogP contribution in [0.25, 0.3) is 0 Å². The second kappa shape index (κ2) is 20.3. The molecule has 0 rings (SSSR count). The van der Waals surface area contributed by atoms with E-state index in [1.165, 1.54) is 97.3 Å². The first-order valence-electron chi connectivity index (χ1n) is 13.1. The van der Waals surface area contributed by atoms with E-state index >= 15 is 0 Å². The highest BCUT2D eigenvalue weighted by Crippen LogP contribution is 2.18. The average molecular weight is 459 g/mol. The van der Waals surface area contributed by atoms with Crippen molar-refractivity contribution in [1.29, 1.82) is 0 Å². The second-order valence-corrected chi connectivity index (χ2v) is 9.66. The Bertz CT molecular complexity index is 466. The first-order valence-corrected chi connectivity index (χ1v) is 13.1. The van der Waals surface area contributed by atoms with Crippen LogP contribution in [0.3, 0.4) is 0 Å². The summed E-state index contributed by atoms with van der Waals surface area (Å²) in [6.45, 7) is 5.66. The molecule has 0 aromatic rings. The molecule has 0 saturated carbocycles. The summed E-state index contributed by atoms with van der Waals surface area (Å²) in [6, 6.07) is 0. The van der Waals surface area contributed by atoms with Gasteiger partial charge in [-0.05, 0) is 33.1 Å². The Morgan fingerprint density at radius 2 is 1.31 bits per heavy atom. The molecule has 0 aromatic heterocycles. The number of hydrogen-bond donors (Lipinski definition) is 2. The molecule has 1 amide bonds. The molecule has 32 heavy (non-hydrogen) atoms. The Labute approximate surface area is 196 Å². The first-order chi connectivity index (χ1) is 15.3. The number of nitrogens with zero attached hydrogens (tertiary/aromatic N) is 1. The van der Waals surface area contributed by atoms with E-state index in [0.717, 1.165) is 12.8 Å². The predicted octanol–water partition coefficient (Wildman–Crippen LogP) is 6.49. The summed E-state index contributed by atoms with van der Waals surface area (Å²) in [7, 11) is 0. The van der Waals surface area contributed by atoms with E-state index < -0.39 is 16.8 Å². The molecule has 0 bridgehead atoms. The molecule has 2 N–H and O–H groups in total. The summed E-state index contributed by atoms with van der Waals surface area (Å²) >= 11 is 0. The van der Waals surface area contributed by atoms with Gasteiger partial charge in [0.15, 0.2) is 0 Å². The standard InChI is InChI=1S/C25H50N2O5/c1-4-5-6-7-8-9-10-11-12-13-14-15-16-17-18-21-24(28)26-22-19-20-23(25(2,3)29)32-27(30)31/h23,29H,4-22H2,1-3H3,(H,26,28). The Balaban J connectivity index is 3.45. The fourth-order valence-corrected chi connectivity index (χ4v) is 3.90. The fraction of sp³-hybridized carbons (Fsp3) is 0.960. The van der Waals surface area contributed by atoms with Crippen LogP contribution in [0.15, 0.2) is 0 Å². The summed E-state index contributed by atoms with van der Waals surface area (Å²) in [5.41, 5.74) is -1.30. The van der Waals surface area contributed by atoms with Crippen molar-refractivity contribution in [1.82, 2.24) is 5.32 Å². The molecule has 0 aliphatic carbocycles. The summed E-state index contributed by atoms with van der Waals surface area (Å²) < 4.78 is 0. The monoisotopic (exact) mass is 458 g/mol. The molecule has 0 saturated heterocycles. The van der Waals surface area contributed by atoms with Gasteiger partial charge in [0.25, 0.3) is 5.09 Å². The van der Waals surface area contributed by atoms with Gasteiger partial charge in [0, 0.05) is 13.0 Å². The van der Waals surface area contributed by atoms with Crippen LogP contribution in [0.5, 0.6) is 0 Å². The quantitative estimate of drug-likeness (QED) is 0.103. The Morgan fingerprint density at radius 3 is 1.72 bits per heavy atom. The van der Waals surface area contributed by atoms with Crippen molar-refractivity contribution in [2.75, 3.05) is 6.54 Å². The van der Waals surface area contributed by atoms with Crippen LogP contribution in [0.1, 0.15) is 136 Å². The third-order valence-corrected chi connectivity index (χ3v) is 5.97. The van der Waals surface area contributed by atoms with Crippen molar-refractivity contribution >= 4 is 5.91 Å². The fourth-order valence-electron chi connectivity index (χ4n) is 3.90. The Kier molecular flexibility index (Phi) is 19.4. The third kappa shape index (κ3) is 20.5. The normalized spacial score (nSPS) is 12.5. The van der Waals surface area contributed by atoms with Gasteiger partial charge in [-0.1, -0.05) is 96.8 Å². The van der Waals surface area contributed by atoms with Crippen LogP contribution < -0.4 is 5.32 Å². The van der Waals surface area contributed by atoms with E-state index in [-0.39, 0.29) is 5.91 Å². The molecule has 0 aromatic carbocycles. The molecular weight excluding hydrogens is 408 g/mol. The summed E-state index contributed by atoms with van der Waals surface area (Å²) in [4.78, 5) is 27.0. The second-order valence-electron chi connectivity index (χ2n) is 9.66. The Hall–Kier alpha value is -1.37. The predicted molar refractivity (Wildman–Crippen MR) is 130 cm³/mol. The van der Waals surface area contributed by atoms with Crippen molar-refractivity contribution in [2.24, 2.45) is 0 Å². The molecule has 7 heteroatoms. The highest BCUT2D eigenvalue weighted by Gasteiger charge is 2.29. The van der Waals surface area contributed by atoms with Crippen LogP contribution in [-0.2, 0) is 9.63 Å². The SMILES string of the molecule is CCCCCCCCCCCCCCCCCC(=O)NCCCC(O[N+](=O)[O-])C(C)(C)O. The number of carbonyl (C=O) groups excluding carboxylic acids is 1. The van der Waals surface area contributed by atoms with Gasteiger partial charge < -0.3 is 15.3 Å². The highest BCUT2D eigenvalue weighted by atomic mass is 17.0. The number of amides is 1. The minimum Gasteiger partial charge on any atom is -0.388 e. The van der Waals surface area contributed by atoms with Crippen molar-refractivity contribution in [2.45, 2.75) is 148 Å². The van der Waals surface area contributed by atoms with Crippen LogP contribution in [0, 0.1) is 10.1 Å². The molecule has 0 spiro atoms. The van der Waals surface area contributed by atoms with Gasteiger partial charge in [-0.2, -0.15) is 0 Å². The van der Waals surface area contributed by atoms with Crippen molar-refractivity contribution in [3.05, 3.63) is 10.1 Å². The van der Waals surface area contributed by atoms with Gasteiger partial charge in [-0.15, -0.1) is 10.1 Å². The number of aliphatic hydroxyl groups is 1. The van der Waals surface area contributed by atoms with E-state index in [0.29, 0.717) is 25.8 Å². The number of rotatable bonds is 23. The number of hydrogen-bond acceptors (Lipinski definition) is 5.